The minimum atomic E-state index is 0. The normalized spacial score (nSPS) is 10.9. The molecule has 5 heteroatoms. The van der Waals surface area contributed by atoms with Gasteiger partial charge in [0.1, 0.15) is 25.4 Å². The van der Waals surface area contributed by atoms with Crippen molar-refractivity contribution in [3.63, 3.8) is 0 Å². The first-order chi connectivity index (χ1) is 9.98. The Morgan fingerprint density at radius 3 is 2.14 bits per heavy atom. The Labute approximate surface area is 148 Å². The summed E-state index contributed by atoms with van der Waals surface area (Å²) in [5, 5.41) is 1.46. The number of halogens is 3. The van der Waals surface area contributed by atoms with Gasteiger partial charge in [-0.25, -0.2) is 0 Å². The van der Waals surface area contributed by atoms with Gasteiger partial charge in [-0.2, -0.15) is 0 Å². The molecule has 2 aromatic carbocycles. The Bertz CT molecular complexity index is 602. The minimum Gasteiger partial charge on any atom is -1.00 e. The monoisotopic (exact) mass is 359 g/mol. The van der Waals surface area contributed by atoms with Crippen molar-refractivity contribution in [1.82, 2.24) is 0 Å². The lowest BCUT2D eigenvalue weighted by atomic mass is 10.2. The zero-order valence-electron chi connectivity index (χ0n) is 12.7. The number of ether oxygens (including phenoxy) is 1. The molecule has 0 fully saturated rings. The molecule has 0 atom stereocenters. The van der Waals surface area contributed by atoms with Crippen LogP contribution in [0.4, 0.5) is 0 Å². The van der Waals surface area contributed by atoms with Crippen LogP contribution >= 0.6 is 23.2 Å². The van der Waals surface area contributed by atoms with E-state index in [1.165, 1.54) is 0 Å². The first-order valence-electron chi connectivity index (χ1n) is 6.91. The number of quaternary nitrogens is 1. The van der Waals surface area contributed by atoms with Crippen molar-refractivity contribution >= 4 is 23.2 Å². The second-order valence-electron chi connectivity index (χ2n) is 5.69. The summed E-state index contributed by atoms with van der Waals surface area (Å²) in [7, 11) is 4.33. The maximum atomic E-state index is 6.22. The number of benzene rings is 2. The van der Waals surface area contributed by atoms with Crippen molar-refractivity contribution in [2.45, 2.75) is 6.54 Å². The standard InChI is InChI=1S/C17H20Cl2NO.ClH/c1-20(2,13-14-7-3-4-8-15(14)18)11-12-21-17-10-6-5-9-16(17)19;/h3-10H,11-13H2,1-2H3;1H/q+1;/p-1. The lowest BCUT2D eigenvalue weighted by Gasteiger charge is -2.30. The zero-order chi connectivity index (χ0) is 15.3. The summed E-state index contributed by atoms with van der Waals surface area (Å²) in [6, 6.07) is 15.5. The topological polar surface area (TPSA) is 9.23 Å². The fourth-order valence-corrected chi connectivity index (χ4v) is 2.52. The van der Waals surface area contributed by atoms with Gasteiger partial charge in [0.15, 0.2) is 0 Å². The van der Waals surface area contributed by atoms with Gasteiger partial charge in [-0.15, -0.1) is 0 Å². The Hall–Kier alpha value is -0.930. The van der Waals surface area contributed by atoms with Gasteiger partial charge in [0.2, 0.25) is 0 Å². The second-order valence-corrected chi connectivity index (χ2v) is 6.50. The van der Waals surface area contributed by atoms with E-state index in [1.807, 2.05) is 42.5 Å². The molecule has 0 unspecified atom stereocenters. The van der Waals surface area contributed by atoms with Crippen molar-refractivity contribution in [3.05, 3.63) is 64.1 Å². The molecule has 0 spiro atoms. The third kappa shape index (κ3) is 5.69. The molecular formula is C17H20Cl3NO. The average Bonchev–Trinajstić information content (AvgIpc) is 2.43. The molecule has 0 saturated carbocycles. The molecule has 0 aliphatic heterocycles. The van der Waals surface area contributed by atoms with E-state index in [4.69, 9.17) is 27.9 Å². The second kappa shape index (κ2) is 8.64. The summed E-state index contributed by atoms with van der Waals surface area (Å²) >= 11 is 12.3. The van der Waals surface area contributed by atoms with E-state index in [-0.39, 0.29) is 12.4 Å². The number of hydrogen-bond acceptors (Lipinski definition) is 1. The highest BCUT2D eigenvalue weighted by molar-refractivity contribution is 6.32. The van der Waals surface area contributed by atoms with Gasteiger partial charge in [0, 0.05) is 10.6 Å². The van der Waals surface area contributed by atoms with Crippen LogP contribution in [-0.4, -0.2) is 31.7 Å². The molecule has 2 rings (SSSR count). The average molecular weight is 361 g/mol. The molecule has 22 heavy (non-hydrogen) atoms. The van der Waals surface area contributed by atoms with Crippen LogP contribution in [-0.2, 0) is 6.54 Å². The Morgan fingerprint density at radius 1 is 0.909 bits per heavy atom. The summed E-state index contributed by atoms with van der Waals surface area (Å²) in [6.45, 7) is 2.35. The Balaban J connectivity index is 0.00000242. The van der Waals surface area contributed by atoms with Crippen molar-refractivity contribution in [2.75, 3.05) is 27.2 Å². The summed E-state index contributed by atoms with van der Waals surface area (Å²) in [5.74, 6) is 0.733. The van der Waals surface area contributed by atoms with Gasteiger partial charge in [-0.3, -0.25) is 0 Å². The van der Waals surface area contributed by atoms with Crippen LogP contribution in [0.2, 0.25) is 10.0 Å². The van der Waals surface area contributed by atoms with Gasteiger partial charge in [0.05, 0.1) is 19.1 Å². The van der Waals surface area contributed by atoms with Crippen LogP contribution in [0.1, 0.15) is 5.56 Å². The predicted molar refractivity (Wildman–Crippen MR) is 89.1 cm³/mol. The minimum absolute atomic E-state index is 0. The zero-order valence-corrected chi connectivity index (χ0v) is 15.0. The SMILES string of the molecule is C[N+](C)(CCOc1ccccc1Cl)Cc1ccccc1Cl.[Cl-]. The van der Waals surface area contributed by atoms with E-state index >= 15 is 0 Å². The third-order valence-corrected chi connectivity index (χ3v) is 4.03. The van der Waals surface area contributed by atoms with Crippen molar-refractivity contribution < 1.29 is 21.6 Å². The molecule has 0 N–H and O–H groups in total. The first-order valence-corrected chi connectivity index (χ1v) is 7.66. The summed E-state index contributed by atoms with van der Waals surface area (Å²) in [4.78, 5) is 0. The molecule has 2 aromatic rings. The third-order valence-electron chi connectivity index (χ3n) is 3.35. The van der Waals surface area contributed by atoms with E-state index in [2.05, 4.69) is 20.2 Å². The molecule has 2 nitrogen and oxygen atoms in total. The Morgan fingerprint density at radius 2 is 1.50 bits per heavy atom. The van der Waals surface area contributed by atoms with Crippen LogP contribution < -0.4 is 17.1 Å². The van der Waals surface area contributed by atoms with Gasteiger partial charge in [0.25, 0.3) is 0 Å². The van der Waals surface area contributed by atoms with Crippen LogP contribution in [0.25, 0.3) is 0 Å². The van der Waals surface area contributed by atoms with Crippen LogP contribution in [0.3, 0.4) is 0 Å². The highest BCUT2D eigenvalue weighted by Crippen LogP contribution is 2.23. The quantitative estimate of drug-likeness (QED) is 0.712. The fourth-order valence-electron chi connectivity index (χ4n) is 2.13. The first kappa shape index (κ1) is 19.1. The highest BCUT2D eigenvalue weighted by atomic mass is 35.5. The number of rotatable bonds is 6. The molecular weight excluding hydrogens is 341 g/mol. The lowest BCUT2D eigenvalue weighted by molar-refractivity contribution is -0.903. The largest absolute Gasteiger partial charge is 1.00 e. The van der Waals surface area contributed by atoms with E-state index in [9.17, 15) is 0 Å². The number of likely N-dealkylation sites (N-methyl/N-ethyl adjacent to an activating group) is 1. The van der Waals surface area contributed by atoms with Crippen LogP contribution in [0.15, 0.2) is 48.5 Å². The molecule has 0 aliphatic carbocycles. The molecule has 120 valence electrons. The predicted octanol–water partition coefficient (Wildman–Crippen LogP) is 1.65. The summed E-state index contributed by atoms with van der Waals surface area (Å²) < 4.78 is 6.56. The van der Waals surface area contributed by atoms with Crippen molar-refractivity contribution in [2.24, 2.45) is 0 Å². The maximum absolute atomic E-state index is 6.22. The molecule has 0 aromatic heterocycles. The summed E-state index contributed by atoms with van der Waals surface area (Å²) in [6.07, 6.45) is 0. The fraction of sp³-hybridized carbons (Fsp3) is 0.294. The molecule has 0 saturated heterocycles. The van der Waals surface area contributed by atoms with E-state index in [0.717, 1.165) is 33.9 Å². The smallest absolute Gasteiger partial charge is 0.138 e. The molecule has 0 amide bonds. The van der Waals surface area contributed by atoms with Crippen molar-refractivity contribution in [3.8, 4) is 5.75 Å². The maximum Gasteiger partial charge on any atom is 0.138 e. The van der Waals surface area contributed by atoms with Gasteiger partial charge >= 0.3 is 0 Å². The molecule has 0 aliphatic rings. The van der Waals surface area contributed by atoms with Gasteiger partial charge in [-0.1, -0.05) is 53.5 Å². The van der Waals surface area contributed by atoms with E-state index in [0.29, 0.717) is 11.6 Å². The van der Waals surface area contributed by atoms with Gasteiger partial charge < -0.3 is 21.6 Å². The number of para-hydroxylation sites is 1. The Kier molecular flexibility index (Phi) is 7.51. The summed E-state index contributed by atoms with van der Waals surface area (Å²) in [5.41, 5.74) is 1.15. The van der Waals surface area contributed by atoms with Gasteiger partial charge in [-0.05, 0) is 18.2 Å². The molecule has 0 heterocycles. The van der Waals surface area contributed by atoms with Crippen LogP contribution in [0, 0.1) is 0 Å². The molecule has 0 bridgehead atoms. The van der Waals surface area contributed by atoms with E-state index in [1.54, 1.807) is 0 Å². The lowest BCUT2D eigenvalue weighted by Crippen LogP contribution is -3.00. The van der Waals surface area contributed by atoms with E-state index < -0.39 is 0 Å². The highest BCUT2D eigenvalue weighted by Gasteiger charge is 2.17. The van der Waals surface area contributed by atoms with Crippen LogP contribution in [0.5, 0.6) is 5.75 Å². The molecule has 0 radical (unpaired) electrons. The number of hydrogen-bond donors (Lipinski definition) is 0. The number of nitrogens with zero attached hydrogens (tertiary/aromatic N) is 1. The van der Waals surface area contributed by atoms with Crippen molar-refractivity contribution in [1.29, 1.82) is 0 Å².